The van der Waals surface area contributed by atoms with Gasteiger partial charge in [0.1, 0.15) is 10.3 Å². The first-order valence-corrected chi connectivity index (χ1v) is 5.33. The monoisotopic (exact) mass is 264 g/mol. The van der Waals surface area contributed by atoms with Crippen molar-refractivity contribution in [3.8, 4) is 0 Å². The normalized spacial score (nSPS) is 10.2. The Bertz CT molecular complexity index is 507. The molecule has 0 bridgehead atoms. The SMILES string of the molecule is O=c1[nH]cc(Br)nc1Cc1ccccc1. The van der Waals surface area contributed by atoms with Crippen molar-refractivity contribution in [1.82, 2.24) is 9.97 Å². The highest BCUT2D eigenvalue weighted by atomic mass is 79.9. The van der Waals surface area contributed by atoms with E-state index in [4.69, 9.17) is 0 Å². The largest absolute Gasteiger partial charge is 0.325 e. The average molecular weight is 265 g/mol. The fraction of sp³-hybridized carbons (Fsp3) is 0.0909. The van der Waals surface area contributed by atoms with Crippen molar-refractivity contribution >= 4 is 15.9 Å². The van der Waals surface area contributed by atoms with Gasteiger partial charge in [0.2, 0.25) is 0 Å². The molecule has 1 aromatic heterocycles. The Morgan fingerprint density at radius 1 is 1.27 bits per heavy atom. The van der Waals surface area contributed by atoms with Gasteiger partial charge in [-0.2, -0.15) is 0 Å². The standard InChI is InChI=1S/C11H9BrN2O/c12-10-7-13-11(15)9(14-10)6-8-4-2-1-3-5-8/h1-5,7H,6H2,(H,13,15). The summed E-state index contributed by atoms with van der Waals surface area (Å²) in [5.41, 5.74) is 1.46. The molecule has 0 unspecified atom stereocenters. The van der Waals surface area contributed by atoms with Crippen LogP contribution in [0.1, 0.15) is 11.3 Å². The molecule has 0 atom stereocenters. The highest BCUT2D eigenvalue weighted by Gasteiger charge is 2.03. The van der Waals surface area contributed by atoms with E-state index in [0.29, 0.717) is 16.7 Å². The number of aromatic nitrogens is 2. The van der Waals surface area contributed by atoms with Gasteiger partial charge in [0.25, 0.3) is 5.56 Å². The molecule has 0 spiro atoms. The van der Waals surface area contributed by atoms with E-state index >= 15 is 0 Å². The third-order valence-corrected chi connectivity index (χ3v) is 2.45. The first-order chi connectivity index (χ1) is 7.25. The Kier molecular flexibility index (Phi) is 2.97. The molecule has 0 aliphatic carbocycles. The van der Waals surface area contributed by atoms with Gasteiger partial charge in [0.15, 0.2) is 0 Å². The van der Waals surface area contributed by atoms with Crippen LogP contribution < -0.4 is 5.56 Å². The van der Waals surface area contributed by atoms with Crippen LogP contribution in [-0.2, 0) is 6.42 Å². The molecule has 0 aliphatic rings. The summed E-state index contributed by atoms with van der Waals surface area (Å²) < 4.78 is 0.646. The first kappa shape index (κ1) is 10.1. The Hall–Kier alpha value is -1.42. The zero-order chi connectivity index (χ0) is 10.7. The molecule has 3 nitrogen and oxygen atoms in total. The highest BCUT2D eigenvalue weighted by Crippen LogP contribution is 2.06. The summed E-state index contributed by atoms with van der Waals surface area (Å²) in [6, 6.07) is 9.79. The summed E-state index contributed by atoms with van der Waals surface area (Å²) in [5, 5.41) is 0. The predicted molar refractivity (Wildman–Crippen MR) is 61.8 cm³/mol. The van der Waals surface area contributed by atoms with Crippen LogP contribution in [0.15, 0.2) is 45.9 Å². The molecule has 2 rings (SSSR count). The van der Waals surface area contributed by atoms with Gasteiger partial charge in [-0.25, -0.2) is 4.98 Å². The van der Waals surface area contributed by atoms with Gasteiger partial charge in [-0.05, 0) is 21.5 Å². The van der Waals surface area contributed by atoms with E-state index in [1.165, 1.54) is 6.20 Å². The molecule has 76 valence electrons. The molecule has 0 fully saturated rings. The molecular weight excluding hydrogens is 256 g/mol. The summed E-state index contributed by atoms with van der Waals surface area (Å²) in [6.07, 6.45) is 2.09. The zero-order valence-corrected chi connectivity index (χ0v) is 9.49. The van der Waals surface area contributed by atoms with E-state index in [9.17, 15) is 4.79 Å². The minimum Gasteiger partial charge on any atom is -0.325 e. The van der Waals surface area contributed by atoms with E-state index < -0.39 is 0 Å². The average Bonchev–Trinajstić information content (AvgIpc) is 2.25. The lowest BCUT2D eigenvalue weighted by Gasteiger charge is -2.00. The van der Waals surface area contributed by atoms with Crippen molar-refractivity contribution < 1.29 is 0 Å². The number of rotatable bonds is 2. The minimum atomic E-state index is -0.137. The molecule has 15 heavy (non-hydrogen) atoms. The third-order valence-electron chi connectivity index (χ3n) is 2.04. The molecule has 0 saturated carbocycles. The number of hydrogen-bond acceptors (Lipinski definition) is 2. The van der Waals surface area contributed by atoms with E-state index in [0.717, 1.165) is 5.56 Å². The predicted octanol–water partition coefficient (Wildman–Crippen LogP) is 2.12. The molecule has 4 heteroatoms. The van der Waals surface area contributed by atoms with Crippen molar-refractivity contribution in [3.63, 3.8) is 0 Å². The number of halogens is 1. The lowest BCUT2D eigenvalue weighted by atomic mass is 10.1. The van der Waals surface area contributed by atoms with E-state index in [1.54, 1.807) is 0 Å². The molecule has 2 aromatic rings. The van der Waals surface area contributed by atoms with E-state index in [1.807, 2.05) is 30.3 Å². The van der Waals surface area contributed by atoms with Crippen molar-refractivity contribution in [1.29, 1.82) is 0 Å². The minimum absolute atomic E-state index is 0.137. The summed E-state index contributed by atoms with van der Waals surface area (Å²) in [7, 11) is 0. The molecule has 0 saturated heterocycles. The number of nitrogens with one attached hydrogen (secondary N) is 1. The van der Waals surface area contributed by atoms with Crippen LogP contribution >= 0.6 is 15.9 Å². The Labute approximate surface area is 95.3 Å². The van der Waals surface area contributed by atoms with Crippen molar-refractivity contribution in [2.45, 2.75) is 6.42 Å². The van der Waals surface area contributed by atoms with Crippen molar-refractivity contribution in [2.75, 3.05) is 0 Å². The second-order valence-corrected chi connectivity index (χ2v) is 3.97. The maximum atomic E-state index is 11.4. The van der Waals surface area contributed by atoms with Gasteiger partial charge < -0.3 is 4.98 Å². The molecule has 1 aromatic carbocycles. The van der Waals surface area contributed by atoms with Gasteiger partial charge >= 0.3 is 0 Å². The van der Waals surface area contributed by atoms with Crippen LogP contribution in [-0.4, -0.2) is 9.97 Å². The Morgan fingerprint density at radius 2 is 2.00 bits per heavy atom. The van der Waals surface area contributed by atoms with Gasteiger partial charge in [-0.3, -0.25) is 4.79 Å². The Balaban J connectivity index is 2.32. The molecule has 1 N–H and O–H groups in total. The fourth-order valence-corrected chi connectivity index (χ4v) is 1.66. The van der Waals surface area contributed by atoms with Gasteiger partial charge in [-0.1, -0.05) is 30.3 Å². The van der Waals surface area contributed by atoms with Gasteiger partial charge in [0, 0.05) is 12.6 Å². The second-order valence-electron chi connectivity index (χ2n) is 3.16. The van der Waals surface area contributed by atoms with Crippen LogP contribution in [0.2, 0.25) is 0 Å². The van der Waals surface area contributed by atoms with Crippen molar-refractivity contribution in [3.05, 3.63) is 62.7 Å². The van der Waals surface area contributed by atoms with Crippen LogP contribution in [0.25, 0.3) is 0 Å². The highest BCUT2D eigenvalue weighted by molar-refractivity contribution is 9.10. The first-order valence-electron chi connectivity index (χ1n) is 4.54. The number of benzene rings is 1. The van der Waals surface area contributed by atoms with Crippen molar-refractivity contribution in [2.24, 2.45) is 0 Å². The smallest absolute Gasteiger partial charge is 0.270 e. The summed E-state index contributed by atoms with van der Waals surface area (Å²) >= 11 is 3.23. The van der Waals surface area contributed by atoms with Gasteiger partial charge in [0.05, 0.1) is 0 Å². The number of H-pyrrole nitrogens is 1. The van der Waals surface area contributed by atoms with Crippen LogP contribution in [0.4, 0.5) is 0 Å². The molecular formula is C11H9BrN2O. The fourth-order valence-electron chi connectivity index (χ4n) is 1.33. The summed E-state index contributed by atoms with van der Waals surface area (Å²) in [6.45, 7) is 0. The van der Waals surface area contributed by atoms with Crippen LogP contribution in [0, 0.1) is 0 Å². The number of aromatic amines is 1. The molecule has 0 aliphatic heterocycles. The molecule has 0 radical (unpaired) electrons. The summed E-state index contributed by atoms with van der Waals surface area (Å²) in [4.78, 5) is 18.2. The zero-order valence-electron chi connectivity index (χ0n) is 7.90. The lowest BCUT2D eigenvalue weighted by molar-refractivity contribution is 0.973. The van der Waals surface area contributed by atoms with E-state index in [2.05, 4.69) is 25.9 Å². The van der Waals surface area contributed by atoms with Gasteiger partial charge in [-0.15, -0.1) is 0 Å². The molecule has 1 heterocycles. The van der Waals surface area contributed by atoms with Crippen LogP contribution in [0.3, 0.4) is 0 Å². The second kappa shape index (κ2) is 4.40. The third kappa shape index (κ3) is 2.53. The lowest BCUT2D eigenvalue weighted by Crippen LogP contribution is -2.14. The maximum Gasteiger partial charge on any atom is 0.270 e. The topological polar surface area (TPSA) is 45.8 Å². The van der Waals surface area contributed by atoms with E-state index in [-0.39, 0.29) is 5.56 Å². The number of nitrogens with zero attached hydrogens (tertiary/aromatic N) is 1. The molecule has 0 amide bonds. The quantitative estimate of drug-likeness (QED) is 0.904. The maximum absolute atomic E-state index is 11.4. The number of hydrogen-bond donors (Lipinski definition) is 1. The summed E-state index contributed by atoms with van der Waals surface area (Å²) in [5.74, 6) is 0. The van der Waals surface area contributed by atoms with Crippen LogP contribution in [0.5, 0.6) is 0 Å². The Morgan fingerprint density at radius 3 is 2.73 bits per heavy atom.